The molecule has 2 aromatic rings. The van der Waals surface area contributed by atoms with Crippen LogP contribution in [0.2, 0.25) is 0 Å². The highest BCUT2D eigenvalue weighted by atomic mass is 32.1. The number of hydrogen-bond donors (Lipinski definition) is 2. The van der Waals surface area contributed by atoms with Gasteiger partial charge in [0.05, 0.1) is 4.88 Å². The molecular formula is C12H14N2OS2. The lowest BCUT2D eigenvalue weighted by Crippen LogP contribution is -2.08. The first kappa shape index (κ1) is 12.1. The maximum absolute atomic E-state index is 9.62. The molecular weight excluding hydrogens is 252 g/mol. The van der Waals surface area contributed by atoms with Gasteiger partial charge in [-0.3, -0.25) is 0 Å². The average molecular weight is 266 g/mol. The van der Waals surface area contributed by atoms with Gasteiger partial charge in [-0.05, 0) is 29.9 Å². The Morgan fingerprint density at radius 3 is 2.41 bits per heavy atom. The van der Waals surface area contributed by atoms with E-state index in [-0.39, 0.29) is 5.88 Å². The summed E-state index contributed by atoms with van der Waals surface area (Å²) in [4.78, 5) is 5.68. The monoisotopic (exact) mass is 266 g/mol. The van der Waals surface area contributed by atoms with Gasteiger partial charge in [0, 0.05) is 26.2 Å². The fraction of sp³-hybridized carbons (Fsp3) is 0.250. The van der Waals surface area contributed by atoms with E-state index in [0.717, 1.165) is 10.4 Å². The summed E-state index contributed by atoms with van der Waals surface area (Å²) < 4.78 is 0.613. The van der Waals surface area contributed by atoms with Gasteiger partial charge in [0.2, 0.25) is 5.88 Å². The number of anilines is 1. The lowest BCUT2D eigenvalue weighted by Gasteiger charge is -2.12. The van der Waals surface area contributed by atoms with Gasteiger partial charge in [-0.1, -0.05) is 12.1 Å². The summed E-state index contributed by atoms with van der Waals surface area (Å²) >= 11 is 6.41. The van der Waals surface area contributed by atoms with Gasteiger partial charge in [0.1, 0.15) is 0 Å². The Hall–Kier alpha value is -1.33. The summed E-state index contributed by atoms with van der Waals surface area (Å²) in [5.41, 5.74) is 2.33. The molecule has 1 aromatic carbocycles. The Morgan fingerprint density at radius 1 is 1.29 bits per heavy atom. The van der Waals surface area contributed by atoms with Gasteiger partial charge >= 0.3 is 0 Å². The van der Waals surface area contributed by atoms with Crippen molar-refractivity contribution in [2.24, 2.45) is 0 Å². The van der Waals surface area contributed by atoms with Crippen molar-refractivity contribution in [1.82, 2.24) is 4.98 Å². The summed E-state index contributed by atoms with van der Waals surface area (Å²) in [5, 5.41) is 9.62. The van der Waals surface area contributed by atoms with Gasteiger partial charge in [-0.15, -0.1) is 11.3 Å². The summed E-state index contributed by atoms with van der Waals surface area (Å²) in [6.45, 7) is 0. The molecule has 0 fully saturated rings. The van der Waals surface area contributed by atoms with Crippen LogP contribution in [0, 0.1) is 3.95 Å². The zero-order valence-electron chi connectivity index (χ0n) is 9.73. The van der Waals surface area contributed by atoms with Crippen LogP contribution < -0.4 is 4.90 Å². The molecule has 2 N–H and O–H groups in total. The number of nitrogens with one attached hydrogen (secondary N) is 1. The second kappa shape index (κ2) is 4.89. The fourth-order valence-electron chi connectivity index (χ4n) is 1.57. The van der Waals surface area contributed by atoms with Crippen LogP contribution in [-0.4, -0.2) is 24.2 Å². The summed E-state index contributed by atoms with van der Waals surface area (Å²) in [6.07, 6.45) is 0.706. The van der Waals surface area contributed by atoms with E-state index in [0.29, 0.717) is 10.4 Å². The van der Waals surface area contributed by atoms with Crippen LogP contribution in [0.15, 0.2) is 24.3 Å². The second-order valence-electron chi connectivity index (χ2n) is 4.02. The highest BCUT2D eigenvalue weighted by molar-refractivity contribution is 7.73. The van der Waals surface area contributed by atoms with Gasteiger partial charge in [-0.25, -0.2) is 0 Å². The quantitative estimate of drug-likeness (QED) is 0.838. The third-order valence-electron chi connectivity index (χ3n) is 2.52. The Bertz CT molecular complexity index is 555. The predicted molar refractivity (Wildman–Crippen MR) is 74.7 cm³/mol. The van der Waals surface area contributed by atoms with Crippen LogP contribution in [0.4, 0.5) is 5.69 Å². The summed E-state index contributed by atoms with van der Waals surface area (Å²) in [7, 11) is 4.02. The third-order valence-corrected chi connectivity index (χ3v) is 3.74. The molecule has 0 aliphatic carbocycles. The lowest BCUT2D eigenvalue weighted by atomic mass is 10.1. The van der Waals surface area contributed by atoms with Gasteiger partial charge < -0.3 is 15.0 Å². The van der Waals surface area contributed by atoms with E-state index in [2.05, 4.69) is 34.1 Å². The second-order valence-corrected chi connectivity index (χ2v) is 5.80. The summed E-state index contributed by atoms with van der Waals surface area (Å²) in [6, 6.07) is 8.27. The number of benzene rings is 1. The highest BCUT2D eigenvalue weighted by Crippen LogP contribution is 2.25. The Labute approximate surface area is 109 Å². The molecule has 0 spiro atoms. The SMILES string of the molecule is CN(C)c1ccc(Cc2sc(=S)[nH]c2O)cc1. The number of aromatic amines is 1. The van der Waals surface area contributed by atoms with Crippen molar-refractivity contribution in [2.45, 2.75) is 6.42 Å². The van der Waals surface area contributed by atoms with E-state index in [9.17, 15) is 5.11 Å². The molecule has 0 aliphatic rings. The molecule has 0 unspecified atom stereocenters. The zero-order valence-corrected chi connectivity index (χ0v) is 11.4. The van der Waals surface area contributed by atoms with Crippen molar-refractivity contribution in [1.29, 1.82) is 0 Å². The van der Waals surface area contributed by atoms with Crippen LogP contribution >= 0.6 is 23.6 Å². The minimum Gasteiger partial charge on any atom is -0.494 e. The summed E-state index contributed by atoms with van der Waals surface area (Å²) in [5.74, 6) is 0.191. The molecule has 0 saturated heterocycles. The molecule has 1 heterocycles. The van der Waals surface area contributed by atoms with Crippen molar-refractivity contribution in [3.05, 3.63) is 38.7 Å². The number of H-pyrrole nitrogens is 1. The zero-order chi connectivity index (χ0) is 12.4. The molecule has 90 valence electrons. The van der Waals surface area contributed by atoms with Crippen LogP contribution in [-0.2, 0) is 6.42 Å². The highest BCUT2D eigenvalue weighted by Gasteiger charge is 2.06. The number of aromatic nitrogens is 1. The van der Waals surface area contributed by atoms with E-state index < -0.39 is 0 Å². The van der Waals surface area contributed by atoms with E-state index in [1.165, 1.54) is 17.0 Å². The van der Waals surface area contributed by atoms with Gasteiger partial charge in [-0.2, -0.15) is 0 Å². The van der Waals surface area contributed by atoms with Crippen molar-refractivity contribution in [3.8, 4) is 5.88 Å². The van der Waals surface area contributed by atoms with Crippen molar-refractivity contribution in [3.63, 3.8) is 0 Å². The average Bonchev–Trinajstić information content (AvgIpc) is 2.58. The predicted octanol–water partition coefficient (Wildman–Crippen LogP) is 3.17. The molecule has 17 heavy (non-hydrogen) atoms. The first-order chi connectivity index (χ1) is 8.06. The Morgan fingerprint density at radius 2 is 1.94 bits per heavy atom. The smallest absolute Gasteiger partial charge is 0.203 e. The maximum atomic E-state index is 9.62. The molecule has 0 aliphatic heterocycles. The lowest BCUT2D eigenvalue weighted by molar-refractivity contribution is 0.452. The minimum atomic E-state index is 0.191. The van der Waals surface area contributed by atoms with Crippen molar-refractivity contribution < 1.29 is 5.11 Å². The van der Waals surface area contributed by atoms with E-state index in [4.69, 9.17) is 12.2 Å². The van der Waals surface area contributed by atoms with Crippen molar-refractivity contribution in [2.75, 3.05) is 19.0 Å². The number of aromatic hydroxyl groups is 1. The number of nitrogens with zero attached hydrogens (tertiary/aromatic N) is 1. The van der Waals surface area contributed by atoms with E-state index in [1.807, 2.05) is 14.1 Å². The molecule has 5 heteroatoms. The molecule has 0 atom stereocenters. The van der Waals surface area contributed by atoms with Crippen molar-refractivity contribution >= 4 is 29.2 Å². The van der Waals surface area contributed by atoms with Crippen LogP contribution in [0.25, 0.3) is 0 Å². The minimum absolute atomic E-state index is 0.191. The number of rotatable bonds is 3. The van der Waals surface area contributed by atoms with Gasteiger partial charge in [0.15, 0.2) is 3.95 Å². The topological polar surface area (TPSA) is 39.3 Å². The molecule has 3 nitrogen and oxygen atoms in total. The fourth-order valence-corrected chi connectivity index (χ4v) is 2.73. The van der Waals surface area contributed by atoms with Crippen LogP contribution in [0.3, 0.4) is 0 Å². The Balaban J connectivity index is 2.19. The normalized spacial score (nSPS) is 10.5. The molecule has 0 bridgehead atoms. The standard InChI is InChI=1S/C12H14N2OS2/c1-14(2)9-5-3-8(4-6-9)7-10-11(15)13-12(16)17-10/h3-6,15H,7H2,1-2H3,(H,13,16). The van der Waals surface area contributed by atoms with Gasteiger partial charge in [0.25, 0.3) is 0 Å². The first-order valence-corrected chi connectivity index (χ1v) is 6.46. The molecule has 0 saturated carbocycles. The van der Waals surface area contributed by atoms with Crippen LogP contribution in [0.1, 0.15) is 10.4 Å². The molecule has 0 amide bonds. The van der Waals surface area contributed by atoms with E-state index >= 15 is 0 Å². The van der Waals surface area contributed by atoms with Crippen LogP contribution in [0.5, 0.6) is 5.88 Å². The number of thiazole rings is 1. The maximum Gasteiger partial charge on any atom is 0.203 e. The molecule has 0 radical (unpaired) electrons. The number of hydrogen-bond acceptors (Lipinski definition) is 4. The largest absolute Gasteiger partial charge is 0.494 e. The molecule has 2 rings (SSSR count). The molecule has 1 aromatic heterocycles. The first-order valence-electron chi connectivity index (χ1n) is 5.23. The Kier molecular flexibility index (Phi) is 3.49. The third kappa shape index (κ3) is 2.87. The van der Waals surface area contributed by atoms with E-state index in [1.54, 1.807) is 0 Å².